The Morgan fingerprint density at radius 3 is 2.19 bits per heavy atom. The van der Waals surface area contributed by atoms with Crippen molar-refractivity contribution in [2.24, 2.45) is 16.8 Å². The second-order valence-corrected chi connectivity index (χ2v) is 6.49. The third-order valence-electron chi connectivity index (χ3n) is 5.06. The molecular weight excluding hydrogens is 338 g/mol. The lowest BCUT2D eigenvalue weighted by molar-refractivity contribution is -0.162. The minimum absolute atomic E-state index is 0.239. The molecule has 6 atom stereocenters. The predicted molar refractivity (Wildman–Crippen MR) is 90.5 cm³/mol. The first-order valence-corrected chi connectivity index (χ1v) is 8.94. The molecule has 0 aliphatic carbocycles. The molecule has 3 aliphatic rings. The van der Waals surface area contributed by atoms with E-state index in [4.69, 9.17) is 18.9 Å². The van der Waals surface area contributed by atoms with Gasteiger partial charge in [-0.2, -0.15) is 0 Å². The maximum absolute atomic E-state index is 12.5. The summed E-state index contributed by atoms with van der Waals surface area (Å²) < 4.78 is 22.3. The zero-order valence-electron chi connectivity index (χ0n) is 14.7. The number of esters is 2. The minimum Gasteiger partial charge on any atom is -0.469 e. The summed E-state index contributed by atoms with van der Waals surface area (Å²) in [4.78, 5) is 29.6. The van der Waals surface area contributed by atoms with E-state index in [1.165, 1.54) is 0 Å². The fraction of sp³-hybridized carbons (Fsp3) is 0.526. The molecule has 0 saturated carbocycles. The van der Waals surface area contributed by atoms with Crippen LogP contribution in [0.15, 0.2) is 35.3 Å². The molecule has 1 aromatic rings. The van der Waals surface area contributed by atoms with E-state index < -0.39 is 42.1 Å². The number of ether oxygens (including phenoxy) is 4. The van der Waals surface area contributed by atoms with Crippen LogP contribution in [0.2, 0.25) is 0 Å². The van der Waals surface area contributed by atoms with Crippen LogP contribution >= 0.6 is 0 Å². The molecular formula is C19H21NO6. The molecule has 3 aliphatic heterocycles. The smallest absolute Gasteiger partial charge is 0.312 e. The molecule has 0 N–H and O–H groups in total. The van der Waals surface area contributed by atoms with Gasteiger partial charge in [0.1, 0.15) is 24.0 Å². The zero-order chi connectivity index (χ0) is 18.3. The van der Waals surface area contributed by atoms with Crippen molar-refractivity contribution in [1.82, 2.24) is 0 Å². The van der Waals surface area contributed by atoms with Crippen molar-refractivity contribution in [3.8, 4) is 0 Å². The largest absolute Gasteiger partial charge is 0.469 e. The molecule has 1 aromatic carbocycles. The van der Waals surface area contributed by atoms with Crippen LogP contribution in [-0.2, 0) is 28.5 Å². The summed E-state index contributed by atoms with van der Waals surface area (Å²) in [5, 5.41) is 0. The predicted octanol–water partition coefficient (Wildman–Crippen LogP) is 1.34. The monoisotopic (exact) mass is 359 g/mol. The lowest BCUT2D eigenvalue weighted by Crippen LogP contribution is -2.51. The van der Waals surface area contributed by atoms with Gasteiger partial charge in [-0.3, -0.25) is 9.59 Å². The van der Waals surface area contributed by atoms with Crippen LogP contribution < -0.4 is 0 Å². The lowest BCUT2D eigenvalue weighted by atomic mass is 9.75. The molecule has 7 nitrogen and oxygen atoms in total. The molecule has 2 fully saturated rings. The van der Waals surface area contributed by atoms with Gasteiger partial charge < -0.3 is 18.9 Å². The van der Waals surface area contributed by atoms with E-state index in [0.29, 0.717) is 5.90 Å². The Kier molecular flexibility index (Phi) is 4.40. The first-order chi connectivity index (χ1) is 12.7. The highest BCUT2D eigenvalue weighted by Crippen LogP contribution is 2.49. The Morgan fingerprint density at radius 1 is 0.962 bits per heavy atom. The van der Waals surface area contributed by atoms with Crippen LogP contribution in [0.25, 0.3) is 0 Å². The second kappa shape index (κ2) is 6.72. The Labute approximate surface area is 151 Å². The van der Waals surface area contributed by atoms with Crippen molar-refractivity contribution >= 4 is 17.8 Å². The van der Waals surface area contributed by atoms with Gasteiger partial charge in [0.2, 0.25) is 5.90 Å². The summed E-state index contributed by atoms with van der Waals surface area (Å²) >= 11 is 0. The van der Waals surface area contributed by atoms with E-state index in [9.17, 15) is 9.59 Å². The third-order valence-corrected chi connectivity index (χ3v) is 5.06. The van der Waals surface area contributed by atoms with Crippen molar-refractivity contribution in [2.75, 3.05) is 13.2 Å². The van der Waals surface area contributed by atoms with E-state index in [1.54, 1.807) is 13.8 Å². The summed E-state index contributed by atoms with van der Waals surface area (Å²) in [7, 11) is 0. The van der Waals surface area contributed by atoms with Crippen molar-refractivity contribution in [2.45, 2.75) is 38.2 Å². The highest BCUT2D eigenvalue weighted by Gasteiger charge is 2.68. The molecule has 26 heavy (non-hydrogen) atoms. The number of carbonyl (C=O) groups is 2. The Bertz CT molecular complexity index is 733. The van der Waals surface area contributed by atoms with E-state index in [1.807, 2.05) is 30.3 Å². The summed E-state index contributed by atoms with van der Waals surface area (Å²) in [6, 6.07) is 9.23. The normalized spacial score (nSPS) is 34.0. The van der Waals surface area contributed by atoms with Crippen molar-refractivity contribution in [3.63, 3.8) is 0 Å². The highest BCUT2D eigenvalue weighted by atomic mass is 16.6. The van der Waals surface area contributed by atoms with Crippen molar-refractivity contribution in [1.29, 1.82) is 0 Å². The molecule has 138 valence electrons. The molecule has 0 radical (unpaired) electrons. The van der Waals surface area contributed by atoms with Crippen LogP contribution in [0.5, 0.6) is 0 Å². The lowest BCUT2D eigenvalue weighted by Gasteiger charge is -2.30. The van der Waals surface area contributed by atoms with Crippen LogP contribution in [0.1, 0.15) is 19.4 Å². The van der Waals surface area contributed by atoms with Crippen LogP contribution in [0.4, 0.5) is 0 Å². The van der Waals surface area contributed by atoms with Gasteiger partial charge in [-0.25, -0.2) is 4.99 Å². The number of benzene rings is 1. The number of carbonyl (C=O) groups excluding carboxylic acids is 2. The van der Waals surface area contributed by atoms with E-state index >= 15 is 0 Å². The fourth-order valence-electron chi connectivity index (χ4n) is 4.06. The molecule has 4 rings (SSSR count). The van der Waals surface area contributed by atoms with Crippen LogP contribution in [0, 0.1) is 11.8 Å². The van der Waals surface area contributed by atoms with Gasteiger partial charge >= 0.3 is 11.9 Å². The quantitative estimate of drug-likeness (QED) is 0.738. The summed E-state index contributed by atoms with van der Waals surface area (Å²) in [5.74, 6) is -1.83. The Morgan fingerprint density at radius 2 is 1.58 bits per heavy atom. The van der Waals surface area contributed by atoms with Gasteiger partial charge in [-0.1, -0.05) is 18.2 Å². The molecule has 3 heterocycles. The van der Waals surface area contributed by atoms with E-state index in [-0.39, 0.29) is 19.3 Å². The first-order valence-electron chi connectivity index (χ1n) is 8.94. The van der Waals surface area contributed by atoms with Gasteiger partial charge in [0.25, 0.3) is 0 Å². The average Bonchev–Trinajstić information content (AvgIpc) is 3.32. The number of rotatable bonds is 5. The molecule has 0 amide bonds. The Balaban J connectivity index is 1.63. The third kappa shape index (κ3) is 2.58. The average molecular weight is 359 g/mol. The van der Waals surface area contributed by atoms with E-state index in [2.05, 4.69) is 4.99 Å². The summed E-state index contributed by atoms with van der Waals surface area (Å²) in [6.07, 6.45) is -1.50. The zero-order valence-corrected chi connectivity index (χ0v) is 14.7. The van der Waals surface area contributed by atoms with Crippen LogP contribution in [0.3, 0.4) is 0 Å². The molecule has 0 aromatic heterocycles. The minimum atomic E-state index is -0.731. The molecule has 7 heteroatoms. The maximum Gasteiger partial charge on any atom is 0.312 e. The molecule has 2 bridgehead atoms. The standard InChI is InChI=1S/C19H21NO6/c1-3-23-18(21)11-12(19(22)24-4-2)15-16-13(14(11)25-15)20-17(26-16)10-8-6-5-7-9-10/h5-9,11-16H,3-4H2,1-2H3/t11-,12-,13-,14-,15+,16-/m1/s1. The Hall–Kier alpha value is -2.41. The van der Waals surface area contributed by atoms with Crippen LogP contribution in [-0.4, -0.2) is 55.4 Å². The maximum atomic E-state index is 12.5. The van der Waals surface area contributed by atoms with Gasteiger partial charge in [0.15, 0.2) is 6.10 Å². The van der Waals surface area contributed by atoms with Crippen molar-refractivity contribution in [3.05, 3.63) is 35.9 Å². The molecule has 0 unspecified atom stereocenters. The number of nitrogens with zero attached hydrogens (tertiary/aromatic N) is 1. The topological polar surface area (TPSA) is 83.4 Å². The highest BCUT2D eigenvalue weighted by molar-refractivity contribution is 5.96. The number of aliphatic imine (C=N–C) groups is 1. The number of hydrogen-bond acceptors (Lipinski definition) is 7. The number of hydrogen-bond donors (Lipinski definition) is 0. The van der Waals surface area contributed by atoms with E-state index in [0.717, 1.165) is 5.56 Å². The van der Waals surface area contributed by atoms with Gasteiger partial charge in [-0.05, 0) is 26.0 Å². The first kappa shape index (κ1) is 17.0. The van der Waals surface area contributed by atoms with Crippen molar-refractivity contribution < 1.29 is 28.5 Å². The molecule has 0 spiro atoms. The van der Waals surface area contributed by atoms with Gasteiger partial charge in [0, 0.05) is 5.56 Å². The fourth-order valence-corrected chi connectivity index (χ4v) is 4.06. The molecule has 2 saturated heterocycles. The number of fused-ring (bicyclic) bond motifs is 5. The van der Waals surface area contributed by atoms with Gasteiger partial charge in [0.05, 0.1) is 19.3 Å². The van der Waals surface area contributed by atoms with Gasteiger partial charge in [-0.15, -0.1) is 0 Å². The SMILES string of the molecule is CCOC(=O)[C@H]1[C@@H]2O[C@@H]([C@H]3N=C(c4ccccc4)O[C@H]32)[C@@H]1C(=O)OCC. The second-order valence-electron chi connectivity index (χ2n) is 6.49. The summed E-state index contributed by atoms with van der Waals surface area (Å²) in [6.45, 7) is 3.95. The summed E-state index contributed by atoms with van der Waals surface area (Å²) in [5.41, 5.74) is 0.863.